The number of amides is 1. The number of phenols is 1. The van der Waals surface area contributed by atoms with Crippen LogP contribution in [0.1, 0.15) is 12.0 Å². The van der Waals surface area contributed by atoms with Gasteiger partial charge < -0.3 is 16.2 Å². The van der Waals surface area contributed by atoms with Crippen LogP contribution in [0.15, 0.2) is 36.4 Å². The van der Waals surface area contributed by atoms with E-state index in [1.54, 1.807) is 30.3 Å². The van der Waals surface area contributed by atoms with Crippen molar-refractivity contribution < 1.29 is 9.90 Å². The second-order valence-electron chi connectivity index (χ2n) is 4.53. The fraction of sp³-hybridized carbons (Fsp3) is 0.133. The number of anilines is 2. The third-order valence-corrected chi connectivity index (χ3v) is 3.60. The summed E-state index contributed by atoms with van der Waals surface area (Å²) in [5.74, 6) is -0.0148. The summed E-state index contributed by atoms with van der Waals surface area (Å²) < 4.78 is 0. The highest BCUT2D eigenvalue weighted by molar-refractivity contribution is 6.39. The standard InChI is InChI=1S/C15H14Cl2N2O2/c16-11-7-10(8-12(17)15(11)18)19-14(21)6-5-9-3-1-2-4-13(9)20/h1-4,7-8,20H,5-6,18H2,(H,19,21). The SMILES string of the molecule is Nc1c(Cl)cc(NC(=O)CCc2ccccc2O)cc1Cl. The Morgan fingerprint density at radius 2 is 1.81 bits per heavy atom. The molecule has 2 aromatic rings. The summed E-state index contributed by atoms with van der Waals surface area (Å²) in [5.41, 5.74) is 7.12. The van der Waals surface area contributed by atoms with E-state index in [2.05, 4.69) is 5.32 Å². The molecule has 0 aliphatic heterocycles. The average molecular weight is 325 g/mol. The van der Waals surface area contributed by atoms with Crippen LogP contribution in [0.5, 0.6) is 5.75 Å². The molecule has 0 aliphatic carbocycles. The van der Waals surface area contributed by atoms with Crippen molar-refractivity contribution in [2.75, 3.05) is 11.1 Å². The van der Waals surface area contributed by atoms with Crippen LogP contribution in [-0.4, -0.2) is 11.0 Å². The van der Waals surface area contributed by atoms with Crippen molar-refractivity contribution in [3.05, 3.63) is 52.0 Å². The minimum absolute atomic E-state index is 0.184. The van der Waals surface area contributed by atoms with Crippen LogP contribution in [0.2, 0.25) is 10.0 Å². The zero-order valence-electron chi connectivity index (χ0n) is 11.1. The summed E-state index contributed by atoms with van der Waals surface area (Å²) >= 11 is 11.8. The van der Waals surface area contributed by atoms with Gasteiger partial charge in [0.1, 0.15) is 5.75 Å². The number of halogens is 2. The maximum absolute atomic E-state index is 11.9. The molecule has 2 rings (SSSR count). The van der Waals surface area contributed by atoms with E-state index in [1.807, 2.05) is 6.07 Å². The van der Waals surface area contributed by atoms with Gasteiger partial charge in [0.25, 0.3) is 0 Å². The number of hydrogen-bond acceptors (Lipinski definition) is 3. The van der Waals surface area contributed by atoms with Crippen LogP contribution >= 0.6 is 23.2 Å². The van der Waals surface area contributed by atoms with E-state index in [9.17, 15) is 9.90 Å². The minimum atomic E-state index is -0.199. The van der Waals surface area contributed by atoms with E-state index < -0.39 is 0 Å². The second-order valence-corrected chi connectivity index (χ2v) is 5.34. The first-order valence-electron chi connectivity index (χ1n) is 6.28. The van der Waals surface area contributed by atoms with Gasteiger partial charge in [-0.15, -0.1) is 0 Å². The molecular weight excluding hydrogens is 311 g/mol. The van der Waals surface area contributed by atoms with Gasteiger partial charge >= 0.3 is 0 Å². The summed E-state index contributed by atoms with van der Waals surface area (Å²) in [6, 6.07) is 10.00. The maximum atomic E-state index is 11.9. The molecule has 6 heteroatoms. The second kappa shape index (κ2) is 6.70. The topological polar surface area (TPSA) is 75.3 Å². The van der Waals surface area contributed by atoms with Crippen molar-refractivity contribution in [1.82, 2.24) is 0 Å². The molecule has 0 saturated heterocycles. The van der Waals surface area contributed by atoms with Gasteiger partial charge in [0.15, 0.2) is 0 Å². The van der Waals surface area contributed by atoms with Crippen LogP contribution in [0, 0.1) is 0 Å². The molecule has 0 heterocycles. The lowest BCUT2D eigenvalue weighted by atomic mass is 10.1. The summed E-state index contributed by atoms with van der Waals surface area (Å²) in [5, 5.41) is 12.9. The molecular formula is C15H14Cl2N2O2. The van der Waals surface area contributed by atoms with Crippen LogP contribution in [0.25, 0.3) is 0 Å². The summed E-state index contributed by atoms with van der Waals surface area (Å²) in [7, 11) is 0. The molecule has 4 nitrogen and oxygen atoms in total. The van der Waals surface area contributed by atoms with Gasteiger partial charge in [0, 0.05) is 12.1 Å². The number of nitrogens with one attached hydrogen (secondary N) is 1. The quantitative estimate of drug-likeness (QED) is 0.747. The number of rotatable bonds is 4. The van der Waals surface area contributed by atoms with E-state index in [4.69, 9.17) is 28.9 Å². The van der Waals surface area contributed by atoms with Crippen molar-refractivity contribution in [3.63, 3.8) is 0 Å². The number of benzene rings is 2. The molecule has 0 aromatic heterocycles. The largest absolute Gasteiger partial charge is 0.508 e. The summed E-state index contributed by atoms with van der Waals surface area (Å²) in [6.45, 7) is 0. The van der Waals surface area contributed by atoms with Crippen LogP contribution in [0.3, 0.4) is 0 Å². The Balaban J connectivity index is 1.98. The Morgan fingerprint density at radius 3 is 2.43 bits per heavy atom. The third-order valence-electron chi connectivity index (χ3n) is 2.98. The Labute approximate surface area is 132 Å². The van der Waals surface area contributed by atoms with Crippen molar-refractivity contribution in [3.8, 4) is 5.75 Å². The van der Waals surface area contributed by atoms with E-state index in [-0.39, 0.29) is 23.8 Å². The molecule has 0 fully saturated rings. The normalized spacial score (nSPS) is 10.4. The first-order valence-corrected chi connectivity index (χ1v) is 7.04. The van der Waals surface area contributed by atoms with E-state index in [0.29, 0.717) is 22.2 Å². The van der Waals surface area contributed by atoms with Crippen LogP contribution in [-0.2, 0) is 11.2 Å². The lowest BCUT2D eigenvalue weighted by Crippen LogP contribution is -2.12. The number of carbonyl (C=O) groups excluding carboxylic acids is 1. The van der Waals surface area contributed by atoms with Gasteiger partial charge in [-0.1, -0.05) is 41.4 Å². The highest BCUT2D eigenvalue weighted by Crippen LogP contribution is 2.31. The van der Waals surface area contributed by atoms with Crippen molar-refractivity contribution in [2.24, 2.45) is 0 Å². The van der Waals surface area contributed by atoms with Gasteiger partial charge in [0.2, 0.25) is 5.91 Å². The number of nitrogen functional groups attached to an aromatic ring is 1. The lowest BCUT2D eigenvalue weighted by molar-refractivity contribution is -0.116. The molecule has 1 amide bonds. The van der Waals surface area contributed by atoms with Crippen molar-refractivity contribution in [2.45, 2.75) is 12.8 Å². The van der Waals surface area contributed by atoms with Gasteiger partial charge in [-0.3, -0.25) is 4.79 Å². The first-order chi connectivity index (χ1) is 9.97. The number of aryl methyl sites for hydroxylation is 1. The Kier molecular flexibility index (Phi) is 4.94. The zero-order valence-corrected chi connectivity index (χ0v) is 12.6. The van der Waals surface area contributed by atoms with Gasteiger partial charge in [-0.05, 0) is 30.2 Å². The fourth-order valence-electron chi connectivity index (χ4n) is 1.85. The molecule has 0 unspecified atom stereocenters. The third kappa shape index (κ3) is 4.03. The molecule has 0 bridgehead atoms. The highest BCUT2D eigenvalue weighted by atomic mass is 35.5. The smallest absolute Gasteiger partial charge is 0.224 e. The van der Waals surface area contributed by atoms with Crippen LogP contribution < -0.4 is 11.1 Å². The Hall–Kier alpha value is -1.91. The number of hydrogen-bond donors (Lipinski definition) is 3. The van der Waals surface area contributed by atoms with Gasteiger partial charge in [0.05, 0.1) is 15.7 Å². The monoisotopic (exact) mass is 324 g/mol. The average Bonchev–Trinajstić information content (AvgIpc) is 2.44. The Bertz CT molecular complexity index is 651. The predicted octanol–water partition coefficient (Wildman–Crippen LogP) is 3.85. The molecule has 110 valence electrons. The minimum Gasteiger partial charge on any atom is -0.508 e. The zero-order chi connectivity index (χ0) is 15.4. The van der Waals surface area contributed by atoms with Gasteiger partial charge in [-0.2, -0.15) is 0 Å². The molecule has 0 saturated carbocycles. The first kappa shape index (κ1) is 15.5. The lowest BCUT2D eigenvalue weighted by Gasteiger charge is -2.09. The van der Waals surface area contributed by atoms with Crippen molar-refractivity contribution in [1.29, 1.82) is 0 Å². The van der Waals surface area contributed by atoms with Crippen LogP contribution in [0.4, 0.5) is 11.4 Å². The molecule has 2 aromatic carbocycles. The number of aromatic hydroxyl groups is 1. The number of carbonyl (C=O) groups is 1. The van der Waals surface area contributed by atoms with Gasteiger partial charge in [-0.25, -0.2) is 0 Å². The highest BCUT2D eigenvalue weighted by Gasteiger charge is 2.09. The van der Waals surface area contributed by atoms with E-state index in [1.165, 1.54) is 0 Å². The maximum Gasteiger partial charge on any atom is 0.224 e. The predicted molar refractivity (Wildman–Crippen MR) is 85.9 cm³/mol. The molecule has 21 heavy (non-hydrogen) atoms. The molecule has 0 aliphatic rings. The van der Waals surface area contributed by atoms with Crippen molar-refractivity contribution >= 4 is 40.5 Å². The molecule has 4 N–H and O–H groups in total. The summed E-state index contributed by atoms with van der Waals surface area (Å²) in [4.78, 5) is 11.9. The molecule has 0 radical (unpaired) electrons. The van der Waals surface area contributed by atoms with E-state index in [0.717, 1.165) is 5.56 Å². The number of nitrogens with two attached hydrogens (primary N) is 1. The summed E-state index contributed by atoms with van der Waals surface area (Å²) in [6.07, 6.45) is 0.673. The Morgan fingerprint density at radius 1 is 1.19 bits per heavy atom. The number of phenolic OH excluding ortho intramolecular Hbond substituents is 1. The number of para-hydroxylation sites is 1. The van der Waals surface area contributed by atoms with E-state index >= 15 is 0 Å². The molecule has 0 atom stereocenters. The molecule has 0 spiro atoms. The fourth-order valence-corrected chi connectivity index (χ4v) is 2.34.